The first-order valence-corrected chi connectivity index (χ1v) is 22.9. The molecule has 2 unspecified atom stereocenters. The van der Waals surface area contributed by atoms with Crippen LogP contribution < -0.4 is 10.6 Å². The van der Waals surface area contributed by atoms with Gasteiger partial charge in [0, 0.05) is 12.1 Å². The lowest BCUT2D eigenvalue weighted by Crippen LogP contribution is -2.56. The molecule has 0 aliphatic heterocycles. The normalized spacial score (nSPS) is 19.7. The van der Waals surface area contributed by atoms with E-state index in [2.05, 4.69) is 94.9 Å². The average molecular weight is 861 g/mol. The molecule has 336 valence electrons. The molecule has 0 radical (unpaired) electrons. The Morgan fingerprint density at radius 1 is 0.651 bits per heavy atom. The lowest BCUT2D eigenvalue weighted by molar-refractivity contribution is -0.140. The summed E-state index contributed by atoms with van der Waals surface area (Å²) < 4.78 is 9.84. The molecule has 2 aromatic carbocycles. The molecule has 14 heteroatoms. The second-order valence-electron chi connectivity index (χ2n) is 19.0. The number of imidazole rings is 2. The van der Waals surface area contributed by atoms with Gasteiger partial charge in [-0.05, 0) is 123 Å². The van der Waals surface area contributed by atoms with Gasteiger partial charge >= 0.3 is 12.2 Å². The summed E-state index contributed by atoms with van der Waals surface area (Å²) in [7, 11) is 2.66. The third-order valence-corrected chi connectivity index (χ3v) is 14.6. The van der Waals surface area contributed by atoms with Crippen molar-refractivity contribution in [3.63, 3.8) is 0 Å². The Morgan fingerprint density at radius 3 is 1.38 bits per heavy atom. The Balaban J connectivity index is 0.907. The summed E-state index contributed by atoms with van der Waals surface area (Å²) >= 11 is 0. The maximum Gasteiger partial charge on any atom is 0.407 e. The Morgan fingerprint density at radius 2 is 1.03 bits per heavy atom. The van der Waals surface area contributed by atoms with E-state index in [-0.39, 0.29) is 35.7 Å². The van der Waals surface area contributed by atoms with E-state index in [1.165, 1.54) is 39.9 Å². The lowest BCUT2D eigenvalue weighted by atomic mass is 9.68. The Bertz CT molecular complexity index is 2240. The van der Waals surface area contributed by atoms with Crippen molar-refractivity contribution in [2.75, 3.05) is 14.2 Å². The molecule has 4 atom stereocenters. The van der Waals surface area contributed by atoms with E-state index in [9.17, 15) is 19.2 Å². The summed E-state index contributed by atoms with van der Waals surface area (Å²) in [6, 6.07) is 15.3. The molecule has 4 amide bonds. The van der Waals surface area contributed by atoms with Gasteiger partial charge < -0.3 is 39.9 Å². The highest BCUT2D eigenvalue weighted by Gasteiger charge is 2.57. The quantitative estimate of drug-likeness (QED) is 0.0770. The minimum atomic E-state index is -0.624. The molecule has 2 aromatic heterocycles. The topological polar surface area (TPSA) is 175 Å². The van der Waals surface area contributed by atoms with Crippen LogP contribution in [0.3, 0.4) is 0 Å². The van der Waals surface area contributed by atoms with Crippen LogP contribution in [0.25, 0.3) is 33.6 Å². The van der Waals surface area contributed by atoms with E-state index in [4.69, 9.17) is 14.5 Å². The van der Waals surface area contributed by atoms with Gasteiger partial charge in [-0.2, -0.15) is 0 Å². The molecule has 4 aromatic rings. The number of ether oxygens (including phenoxy) is 2. The van der Waals surface area contributed by atoms with Crippen LogP contribution in [0.2, 0.25) is 0 Å². The van der Waals surface area contributed by atoms with Crippen LogP contribution in [0.1, 0.15) is 110 Å². The van der Waals surface area contributed by atoms with Crippen molar-refractivity contribution in [1.82, 2.24) is 40.4 Å². The number of benzene rings is 2. The molecule has 2 spiro atoms. The van der Waals surface area contributed by atoms with Gasteiger partial charge in [0.15, 0.2) is 0 Å². The highest BCUT2D eigenvalue weighted by molar-refractivity contribution is 5.87. The standard InChI is InChI=1S/C49H64N8O6/c1-7-9-31(4)57(45(59)43(55-47(61)63-6)37-24-49(25-37)20-21-49)29-41-51-27-39(53-41)35-16-12-33(13-17-35)32-10-14-34(15-11-32)38-26-50-40(52-38)28-56(30(3)8-2)44(58)42(54-46(60)62-5)36-22-48(23-36)18-19-48/h10-17,26-27,30-31,36-37,42-43H,7-9,18-25,28-29H2,1-6H3,(H,50,52)(H,51,53)(H,54,60)(H,55,61)/t30-,31-,42?,43?/m0/s1. The summed E-state index contributed by atoms with van der Waals surface area (Å²) in [4.78, 5) is 73.0. The molecular formula is C49H64N8O6. The Hall–Kier alpha value is -5.66. The molecule has 0 bridgehead atoms. The summed E-state index contributed by atoms with van der Waals surface area (Å²) in [5, 5.41) is 5.74. The molecule has 2 heterocycles. The average Bonchev–Trinajstić information content (AvgIpc) is 4.16. The first-order chi connectivity index (χ1) is 30.4. The van der Waals surface area contributed by atoms with Crippen LogP contribution >= 0.6 is 0 Å². The zero-order valence-electron chi connectivity index (χ0n) is 37.7. The van der Waals surface area contributed by atoms with Gasteiger partial charge in [0.2, 0.25) is 11.8 Å². The van der Waals surface area contributed by atoms with Gasteiger partial charge in [0.25, 0.3) is 0 Å². The number of hydrogen-bond acceptors (Lipinski definition) is 8. The molecule has 4 aliphatic rings. The Kier molecular flexibility index (Phi) is 12.7. The van der Waals surface area contributed by atoms with E-state index < -0.39 is 24.3 Å². The first kappa shape index (κ1) is 44.0. The van der Waals surface area contributed by atoms with Crippen LogP contribution in [0.4, 0.5) is 9.59 Å². The number of alkyl carbamates (subject to hydrolysis) is 2. The number of aromatic nitrogens is 4. The predicted octanol–water partition coefficient (Wildman–Crippen LogP) is 8.61. The predicted molar refractivity (Wildman–Crippen MR) is 240 cm³/mol. The Labute approximate surface area is 370 Å². The van der Waals surface area contributed by atoms with E-state index in [0.717, 1.165) is 78.6 Å². The van der Waals surface area contributed by atoms with Crippen molar-refractivity contribution in [2.24, 2.45) is 22.7 Å². The summed E-state index contributed by atoms with van der Waals surface area (Å²) in [6.45, 7) is 8.88. The second kappa shape index (κ2) is 18.2. The molecule has 63 heavy (non-hydrogen) atoms. The summed E-state index contributed by atoms with van der Waals surface area (Å²) in [5.74, 6) is 1.40. The van der Waals surface area contributed by atoms with Gasteiger partial charge in [0.05, 0.1) is 51.1 Å². The number of carbonyl (C=O) groups is 4. The monoisotopic (exact) mass is 860 g/mol. The number of nitrogens with zero attached hydrogens (tertiary/aromatic N) is 4. The SMILES string of the molecule is CCC[C@H](C)N(Cc1ncc(-c2ccc(-c3ccc(-c4cnc(CN(C(=O)C(NC(=O)OC)C5CC6(CC6)C5)[C@@H](C)CC)[nH]4)cc3)cc2)[nH]1)C(=O)C(NC(=O)OC)C1CC2(CC2)C1. The number of carbonyl (C=O) groups excluding carboxylic acids is 4. The number of hydrogen-bond donors (Lipinski definition) is 4. The van der Waals surface area contributed by atoms with Gasteiger partial charge in [-0.15, -0.1) is 0 Å². The first-order valence-electron chi connectivity index (χ1n) is 22.9. The van der Waals surface area contributed by atoms with Crippen LogP contribution in [0, 0.1) is 22.7 Å². The van der Waals surface area contributed by atoms with E-state index >= 15 is 0 Å². The minimum Gasteiger partial charge on any atom is -0.453 e. The lowest BCUT2D eigenvalue weighted by Gasteiger charge is -2.42. The van der Waals surface area contributed by atoms with Gasteiger partial charge in [-0.3, -0.25) is 9.59 Å². The van der Waals surface area contributed by atoms with E-state index in [1.807, 2.05) is 22.9 Å². The molecule has 14 nitrogen and oxygen atoms in total. The van der Waals surface area contributed by atoms with Crippen LogP contribution in [-0.2, 0) is 32.2 Å². The van der Waals surface area contributed by atoms with E-state index in [1.54, 1.807) is 6.20 Å². The third-order valence-electron chi connectivity index (χ3n) is 14.6. The fourth-order valence-corrected chi connectivity index (χ4v) is 10.1. The van der Waals surface area contributed by atoms with Crippen molar-refractivity contribution < 1.29 is 28.7 Å². The largest absolute Gasteiger partial charge is 0.453 e. The van der Waals surface area contributed by atoms with E-state index in [0.29, 0.717) is 35.6 Å². The van der Waals surface area contributed by atoms with Crippen molar-refractivity contribution >= 4 is 24.0 Å². The second-order valence-corrected chi connectivity index (χ2v) is 19.0. The van der Waals surface area contributed by atoms with Gasteiger partial charge in [0.1, 0.15) is 23.7 Å². The van der Waals surface area contributed by atoms with Crippen molar-refractivity contribution in [3.8, 4) is 33.6 Å². The third kappa shape index (κ3) is 9.64. The number of H-pyrrole nitrogens is 2. The fourth-order valence-electron chi connectivity index (χ4n) is 10.1. The van der Waals surface area contributed by atoms with Gasteiger partial charge in [-0.25, -0.2) is 19.6 Å². The van der Waals surface area contributed by atoms with Crippen LogP contribution in [0.15, 0.2) is 60.9 Å². The summed E-state index contributed by atoms with van der Waals surface area (Å²) in [5.41, 5.74) is 6.55. The maximum atomic E-state index is 14.2. The van der Waals surface area contributed by atoms with Crippen molar-refractivity contribution in [1.29, 1.82) is 0 Å². The smallest absolute Gasteiger partial charge is 0.407 e. The van der Waals surface area contributed by atoms with Gasteiger partial charge in [-0.1, -0.05) is 68.8 Å². The molecule has 4 N–H and O–H groups in total. The summed E-state index contributed by atoms with van der Waals surface area (Å²) in [6.07, 6.45) is 13.7. The highest BCUT2D eigenvalue weighted by Crippen LogP contribution is 2.65. The maximum absolute atomic E-state index is 14.2. The highest BCUT2D eigenvalue weighted by atomic mass is 16.5. The molecule has 4 aliphatic carbocycles. The zero-order chi connectivity index (χ0) is 44.5. The molecule has 0 saturated heterocycles. The number of methoxy groups -OCH3 is 2. The van der Waals surface area contributed by atoms with Crippen LogP contribution in [-0.4, -0.2) is 92.1 Å². The minimum absolute atomic E-state index is 0.0351. The van der Waals surface area contributed by atoms with Crippen molar-refractivity contribution in [3.05, 3.63) is 72.6 Å². The number of nitrogens with one attached hydrogen (secondary N) is 4. The fraction of sp³-hybridized carbons (Fsp3) is 0.551. The molecule has 8 rings (SSSR count). The van der Waals surface area contributed by atoms with Crippen molar-refractivity contribution in [2.45, 2.75) is 136 Å². The van der Waals surface area contributed by atoms with Crippen LogP contribution in [0.5, 0.6) is 0 Å². The molecular weight excluding hydrogens is 797 g/mol. The molecule has 4 saturated carbocycles. The number of amides is 4. The zero-order valence-corrected chi connectivity index (χ0v) is 37.7. The molecule has 4 fully saturated rings. The number of rotatable bonds is 18. The number of aromatic amines is 2.